The fraction of sp³-hybridized carbons (Fsp3) is 0.597. The normalized spacial score (nSPS) is 13.2. The van der Waals surface area contributed by atoms with Crippen molar-refractivity contribution in [2.45, 2.75) is 245 Å². The molecule has 6 heteroatoms. The van der Waals surface area contributed by atoms with Crippen LogP contribution in [0.15, 0.2) is 146 Å². The molecular weight excluding hydrogens is 901 g/mol. The van der Waals surface area contributed by atoms with Crippen molar-refractivity contribution >= 4 is 17.9 Å². The lowest BCUT2D eigenvalue weighted by Gasteiger charge is -2.18. The molecule has 0 fully saturated rings. The van der Waals surface area contributed by atoms with Gasteiger partial charge in [0, 0.05) is 19.3 Å². The molecular formula is C67H106O6. The van der Waals surface area contributed by atoms with E-state index in [2.05, 4.69) is 167 Å². The highest BCUT2D eigenvalue weighted by Gasteiger charge is 2.19. The molecule has 1 unspecified atom stereocenters. The van der Waals surface area contributed by atoms with Crippen LogP contribution in [0.2, 0.25) is 0 Å². The molecule has 0 N–H and O–H groups in total. The van der Waals surface area contributed by atoms with Gasteiger partial charge in [-0.25, -0.2) is 0 Å². The third-order valence-electron chi connectivity index (χ3n) is 11.8. The first-order chi connectivity index (χ1) is 36.0. The average Bonchev–Trinajstić information content (AvgIpc) is 3.39. The summed E-state index contributed by atoms with van der Waals surface area (Å²) in [5, 5.41) is 0. The first-order valence-corrected chi connectivity index (χ1v) is 29.3. The van der Waals surface area contributed by atoms with Crippen molar-refractivity contribution in [1.82, 2.24) is 0 Å². The van der Waals surface area contributed by atoms with E-state index >= 15 is 0 Å². The standard InChI is InChI=1S/C67H106O6/c1-4-7-10-13-16-19-22-25-28-31-33-36-39-42-45-48-51-54-57-60-66(69)72-63-64(62-71-65(68)59-56-53-50-47-44-41-38-35-30-27-24-21-18-15-12-9-6-3)73-67(70)61-58-55-52-49-46-43-40-37-34-32-29-26-23-20-17-14-11-8-5-2/h7-12,16-21,25-30,33-34,36-38,41,64H,4-6,13-15,22-24,31-32,35,39-40,42-63H2,1-3H3/b10-7-,11-8-,12-9-,19-16-,20-17-,21-18-,28-25-,29-26-,30-27-,36-33-,37-34-,41-38-. The van der Waals surface area contributed by atoms with Crippen molar-refractivity contribution in [3.05, 3.63) is 146 Å². The molecule has 0 bridgehead atoms. The van der Waals surface area contributed by atoms with Crippen LogP contribution >= 0.6 is 0 Å². The Kier molecular flexibility index (Phi) is 56.0. The minimum Gasteiger partial charge on any atom is -0.462 e. The first-order valence-electron chi connectivity index (χ1n) is 29.3. The smallest absolute Gasteiger partial charge is 0.306 e. The quantitative estimate of drug-likeness (QED) is 0.0261. The second kappa shape index (κ2) is 59.8. The van der Waals surface area contributed by atoms with Crippen molar-refractivity contribution in [2.75, 3.05) is 13.2 Å². The summed E-state index contributed by atoms with van der Waals surface area (Å²) in [7, 11) is 0. The third kappa shape index (κ3) is 58.1. The zero-order valence-corrected chi connectivity index (χ0v) is 46.8. The molecule has 0 rings (SSSR count). The van der Waals surface area contributed by atoms with Gasteiger partial charge in [0.2, 0.25) is 0 Å². The van der Waals surface area contributed by atoms with Gasteiger partial charge in [-0.15, -0.1) is 0 Å². The van der Waals surface area contributed by atoms with E-state index in [0.717, 1.165) is 173 Å². The molecule has 0 aliphatic rings. The zero-order chi connectivity index (χ0) is 52.9. The van der Waals surface area contributed by atoms with E-state index in [-0.39, 0.29) is 31.1 Å². The van der Waals surface area contributed by atoms with Gasteiger partial charge in [0.15, 0.2) is 6.10 Å². The maximum Gasteiger partial charge on any atom is 0.306 e. The number of unbranched alkanes of at least 4 members (excludes halogenated alkanes) is 16. The Labute approximate surface area is 448 Å². The Hall–Kier alpha value is -4.71. The zero-order valence-electron chi connectivity index (χ0n) is 46.8. The number of allylic oxidation sites excluding steroid dienone is 24. The SMILES string of the molecule is CC/C=C\C/C=C\C/C=C\C/C=C\CCCCCCCCC(=O)OCC(COC(=O)CCCCCC/C=C\C/C=C\C/C=C\C/C=C\CC)OC(=O)CCCCCCCC/C=C\C/C=C\C/C=C\C/C=C\CC. The summed E-state index contributed by atoms with van der Waals surface area (Å²) in [4.78, 5) is 38.3. The summed E-state index contributed by atoms with van der Waals surface area (Å²) in [6.07, 6.45) is 85.4. The summed E-state index contributed by atoms with van der Waals surface area (Å²) in [5.74, 6) is -0.961. The molecule has 410 valence electrons. The van der Waals surface area contributed by atoms with E-state index in [1.807, 2.05) is 0 Å². The summed E-state index contributed by atoms with van der Waals surface area (Å²) in [6.45, 7) is 6.25. The van der Waals surface area contributed by atoms with Gasteiger partial charge in [-0.05, 0) is 135 Å². The molecule has 73 heavy (non-hydrogen) atoms. The van der Waals surface area contributed by atoms with Crippen LogP contribution in [0.4, 0.5) is 0 Å². The van der Waals surface area contributed by atoms with Crippen LogP contribution in [0.25, 0.3) is 0 Å². The molecule has 6 nitrogen and oxygen atoms in total. The Morgan fingerprint density at radius 1 is 0.274 bits per heavy atom. The second-order valence-corrected chi connectivity index (χ2v) is 18.8. The maximum atomic E-state index is 12.9. The molecule has 0 radical (unpaired) electrons. The van der Waals surface area contributed by atoms with Gasteiger partial charge in [0.25, 0.3) is 0 Å². The summed E-state index contributed by atoms with van der Waals surface area (Å²) < 4.78 is 16.9. The van der Waals surface area contributed by atoms with Crippen LogP contribution in [-0.4, -0.2) is 37.2 Å². The Bertz CT molecular complexity index is 1630. The van der Waals surface area contributed by atoms with E-state index in [1.54, 1.807) is 0 Å². The Balaban J connectivity index is 4.52. The summed E-state index contributed by atoms with van der Waals surface area (Å²) >= 11 is 0. The highest BCUT2D eigenvalue weighted by atomic mass is 16.6. The Morgan fingerprint density at radius 2 is 0.493 bits per heavy atom. The molecule has 0 aliphatic carbocycles. The van der Waals surface area contributed by atoms with Crippen LogP contribution < -0.4 is 0 Å². The van der Waals surface area contributed by atoms with Gasteiger partial charge in [-0.3, -0.25) is 14.4 Å². The number of carbonyl (C=O) groups is 3. The molecule has 0 spiro atoms. The fourth-order valence-corrected chi connectivity index (χ4v) is 7.53. The highest BCUT2D eigenvalue weighted by Crippen LogP contribution is 2.14. The van der Waals surface area contributed by atoms with Crippen LogP contribution in [0.3, 0.4) is 0 Å². The third-order valence-corrected chi connectivity index (χ3v) is 11.8. The number of ether oxygens (including phenoxy) is 3. The minimum absolute atomic E-state index is 0.105. The van der Waals surface area contributed by atoms with Crippen molar-refractivity contribution in [3.8, 4) is 0 Å². The molecule has 0 aliphatic heterocycles. The van der Waals surface area contributed by atoms with Crippen molar-refractivity contribution < 1.29 is 28.6 Å². The van der Waals surface area contributed by atoms with Crippen molar-refractivity contribution in [2.24, 2.45) is 0 Å². The number of carbonyl (C=O) groups excluding carboxylic acids is 3. The topological polar surface area (TPSA) is 78.9 Å². The molecule has 0 saturated heterocycles. The Morgan fingerprint density at radius 3 is 0.767 bits per heavy atom. The summed E-state index contributed by atoms with van der Waals surface area (Å²) in [6, 6.07) is 0. The number of rotatable bonds is 51. The maximum absolute atomic E-state index is 12.9. The van der Waals surface area contributed by atoms with Gasteiger partial charge < -0.3 is 14.2 Å². The lowest BCUT2D eigenvalue weighted by atomic mass is 10.1. The van der Waals surface area contributed by atoms with Crippen LogP contribution in [0, 0.1) is 0 Å². The minimum atomic E-state index is -0.810. The van der Waals surface area contributed by atoms with Gasteiger partial charge in [0.05, 0.1) is 0 Å². The number of esters is 3. The van der Waals surface area contributed by atoms with Gasteiger partial charge in [-0.1, -0.05) is 231 Å². The van der Waals surface area contributed by atoms with Gasteiger partial charge in [0.1, 0.15) is 13.2 Å². The molecule has 0 aromatic heterocycles. The highest BCUT2D eigenvalue weighted by molar-refractivity contribution is 5.71. The predicted molar refractivity (Wildman–Crippen MR) is 315 cm³/mol. The van der Waals surface area contributed by atoms with Crippen molar-refractivity contribution in [1.29, 1.82) is 0 Å². The lowest BCUT2D eigenvalue weighted by Crippen LogP contribution is -2.30. The van der Waals surface area contributed by atoms with Crippen molar-refractivity contribution in [3.63, 3.8) is 0 Å². The summed E-state index contributed by atoms with van der Waals surface area (Å²) in [5.41, 5.74) is 0. The molecule has 0 heterocycles. The van der Waals surface area contributed by atoms with Crippen LogP contribution in [0.5, 0.6) is 0 Å². The molecule has 1 atom stereocenters. The molecule has 0 aromatic carbocycles. The number of hydrogen-bond donors (Lipinski definition) is 0. The van der Waals surface area contributed by atoms with E-state index in [9.17, 15) is 14.4 Å². The largest absolute Gasteiger partial charge is 0.462 e. The van der Waals surface area contributed by atoms with Crippen LogP contribution in [0.1, 0.15) is 239 Å². The number of hydrogen-bond acceptors (Lipinski definition) is 6. The van der Waals surface area contributed by atoms with E-state index in [1.165, 1.54) is 25.7 Å². The molecule has 0 amide bonds. The predicted octanol–water partition coefficient (Wildman–Crippen LogP) is 20.0. The lowest BCUT2D eigenvalue weighted by molar-refractivity contribution is -0.167. The van der Waals surface area contributed by atoms with Crippen LogP contribution in [-0.2, 0) is 28.6 Å². The molecule has 0 saturated carbocycles. The average molecular weight is 1010 g/mol. The van der Waals surface area contributed by atoms with E-state index in [4.69, 9.17) is 14.2 Å². The second-order valence-electron chi connectivity index (χ2n) is 18.8. The van der Waals surface area contributed by atoms with E-state index in [0.29, 0.717) is 19.3 Å². The monoisotopic (exact) mass is 1010 g/mol. The molecule has 0 aromatic rings. The van der Waals surface area contributed by atoms with E-state index < -0.39 is 6.10 Å². The fourth-order valence-electron chi connectivity index (χ4n) is 7.53. The first kappa shape index (κ1) is 68.3. The van der Waals surface area contributed by atoms with Gasteiger partial charge >= 0.3 is 17.9 Å². The van der Waals surface area contributed by atoms with Gasteiger partial charge in [-0.2, -0.15) is 0 Å².